The first-order chi connectivity index (χ1) is 6.77. The molecule has 0 aliphatic heterocycles. The minimum Gasteiger partial charge on any atom is -0.398 e. The number of benzene rings is 1. The molecule has 3 rings (SSSR count). The first kappa shape index (κ1) is 8.10. The van der Waals surface area contributed by atoms with Crippen molar-refractivity contribution in [3.8, 4) is 0 Å². The Morgan fingerprint density at radius 2 is 1.93 bits per heavy atom. The number of rotatable bonds is 0. The fourth-order valence-corrected chi connectivity index (χ4v) is 2.87. The van der Waals surface area contributed by atoms with Crippen LogP contribution in [0.15, 0.2) is 12.6 Å². The van der Waals surface area contributed by atoms with Gasteiger partial charge in [-0.25, -0.2) is 0 Å². The van der Waals surface area contributed by atoms with Gasteiger partial charge in [0.25, 0.3) is 0 Å². The van der Waals surface area contributed by atoms with Crippen molar-refractivity contribution in [2.24, 2.45) is 0 Å². The van der Waals surface area contributed by atoms with Crippen molar-refractivity contribution < 1.29 is 0 Å². The summed E-state index contributed by atoms with van der Waals surface area (Å²) in [7, 11) is 0. The van der Waals surface area contributed by atoms with E-state index in [0.717, 1.165) is 18.5 Å². The van der Waals surface area contributed by atoms with Crippen LogP contribution in [-0.2, 0) is 19.3 Å². The minimum absolute atomic E-state index is 1.04. The van der Waals surface area contributed by atoms with E-state index >= 15 is 0 Å². The summed E-state index contributed by atoms with van der Waals surface area (Å²) in [6, 6.07) is 2.37. The second-order valence-corrected chi connectivity index (χ2v) is 4.42. The summed E-state index contributed by atoms with van der Waals surface area (Å²) in [4.78, 5) is 0. The maximum Gasteiger partial charge on any atom is 0.0428 e. The fraction of sp³-hybridized carbons (Fsp3) is 0.385. The molecule has 0 heterocycles. The van der Waals surface area contributed by atoms with Crippen molar-refractivity contribution in [1.82, 2.24) is 0 Å². The van der Waals surface area contributed by atoms with Crippen LogP contribution in [0, 0.1) is 0 Å². The number of allylic oxidation sites excluding steroid dienone is 1. The van der Waals surface area contributed by atoms with Crippen LogP contribution in [0.3, 0.4) is 0 Å². The van der Waals surface area contributed by atoms with Crippen molar-refractivity contribution in [3.63, 3.8) is 0 Å². The zero-order valence-corrected chi connectivity index (χ0v) is 8.40. The van der Waals surface area contributed by atoms with E-state index in [-0.39, 0.29) is 0 Å². The van der Waals surface area contributed by atoms with E-state index < -0.39 is 0 Å². The number of hydrogen-bond donors (Lipinski definition) is 1. The SMILES string of the molecule is C=C1CCc2cc3c(c(N)c21)CCC3. The maximum atomic E-state index is 6.22. The van der Waals surface area contributed by atoms with Gasteiger partial charge in [-0.1, -0.05) is 12.6 Å². The highest BCUT2D eigenvalue weighted by Crippen LogP contribution is 2.41. The molecule has 14 heavy (non-hydrogen) atoms. The van der Waals surface area contributed by atoms with Crippen molar-refractivity contribution >= 4 is 11.3 Å². The summed E-state index contributed by atoms with van der Waals surface area (Å²) in [5, 5.41) is 0. The van der Waals surface area contributed by atoms with Gasteiger partial charge in [0.15, 0.2) is 0 Å². The number of nitrogens with two attached hydrogens (primary N) is 1. The molecular weight excluding hydrogens is 170 g/mol. The van der Waals surface area contributed by atoms with Gasteiger partial charge in [0, 0.05) is 11.3 Å². The zero-order valence-electron chi connectivity index (χ0n) is 8.40. The molecule has 0 atom stereocenters. The van der Waals surface area contributed by atoms with E-state index in [2.05, 4.69) is 12.6 Å². The van der Waals surface area contributed by atoms with Crippen LogP contribution in [0.5, 0.6) is 0 Å². The summed E-state index contributed by atoms with van der Waals surface area (Å²) < 4.78 is 0. The first-order valence-corrected chi connectivity index (χ1v) is 5.38. The topological polar surface area (TPSA) is 26.0 Å². The van der Waals surface area contributed by atoms with E-state index in [1.165, 1.54) is 47.1 Å². The van der Waals surface area contributed by atoms with Crippen LogP contribution in [0.25, 0.3) is 5.57 Å². The average Bonchev–Trinajstić information content (AvgIpc) is 2.74. The Labute approximate surface area is 84.6 Å². The Balaban J connectivity index is 2.30. The van der Waals surface area contributed by atoms with Crippen molar-refractivity contribution in [3.05, 3.63) is 34.9 Å². The van der Waals surface area contributed by atoms with Gasteiger partial charge in [0.2, 0.25) is 0 Å². The third-order valence-corrected chi connectivity index (χ3v) is 3.57. The Morgan fingerprint density at radius 1 is 1.07 bits per heavy atom. The molecule has 0 radical (unpaired) electrons. The molecule has 0 saturated heterocycles. The summed E-state index contributed by atoms with van der Waals surface area (Å²) in [5.41, 5.74) is 14.1. The molecule has 2 N–H and O–H groups in total. The van der Waals surface area contributed by atoms with Gasteiger partial charge in [0.05, 0.1) is 0 Å². The number of hydrogen-bond acceptors (Lipinski definition) is 1. The van der Waals surface area contributed by atoms with Gasteiger partial charge in [-0.05, 0) is 54.4 Å². The number of anilines is 1. The van der Waals surface area contributed by atoms with Crippen molar-refractivity contribution in [2.45, 2.75) is 32.1 Å². The van der Waals surface area contributed by atoms with Crippen molar-refractivity contribution in [1.29, 1.82) is 0 Å². The third kappa shape index (κ3) is 0.899. The Bertz CT molecular complexity index is 429. The molecule has 0 aromatic heterocycles. The normalized spacial score (nSPS) is 18.4. The second-order valence-electron chi connectivity index (χ2n) is 4.42. The van der Waals surface area contributed by atoms with Crippen LogP contribution in [0.4, 0.5) is 5.69 Å². The molecule has 1 aromatic carbocycles. The summed E-state index contributed by atoms with van der Waals surface area (Å²) in [6.45, 7) is 4.10. The third-order valence-electron chi connectivity index (χ3n) is 3.57. The highest BCUT2D eigenvalue weighted by atomic mass is 14.6. The Kier molecular flexibility index (Phi) is 1.52. The molecule has 2 aliphatic carbocycles. The first-order valence-electron chi connectivity index (χ1n) is 5.38. The molecule has 2 aliphatic rings. The van der Waals surface area contributed by atoms with Gasteiger partial charge in [0.1, 0.15) is 0 Å². The molecular formula is C13H15N. The predicted octanol–water partition coefficient (Wildman–Crippen LogP) is 2.72. The number of fused-ring (bicyclic) bond motifs is 2. The van der Waals surface area contributed by atoms with Gasteiger partial charge >= 0.3 is 0 Å². The monoisotopic (exact) mass is 185 g/mol. The molecule has 0 amide bonds. The molecule has 0 bridgehead atoms. The van der Waals surface area contributed by atoms with Gasteiger partial charge in [-0.2, -0.15) is 0 Å². The second kappa shape index (κ2) is 2.63. The van der Waals surface area contributed by atoms with Gasteiger partial charge in [-0.15, -0.1) is 0 Å². The quantitative estimate of drug-likeness (QED) is 0.618. The van der Waals surface area contributed by atoms with Crippen LogP contribution >= 0.6 is 0 Å². The lowest BCUT2D eigenvalue weighted by Gasteiger charge is -2.10. The van der Waals surface area contributed by atoms with E-state index in [0.29, 0.717) is 0 Å². The maximum absolute atomic E-state index is 6.22. The molecule has 0 fully saturated rings. The standard InChI is InChI=1S/C13H15N/c1-8-5-6-10-7-9-3-2-4-11(9)13(14)12(8)10/h7H,1-6,14H2. The smallest absolute Gasteiger partial charge is 0.0428 e. The summed E-state index contributed by atoms with van der Waals surface area (Å²) >= 11 is 0. The minimum atomic E-state index is 1.04. The van der Waals surface area contributed by atoms with E-state index in [1.807, 2.05) is 0 Å². The summed E-state index contributed by atoms with van der Waals surface area (Å²) in [6.07, 6.45) is 5.91. The van der Waals surface area contributed by atoms with Crippen LogP contribution < -0.4 is 5.73 Å². The molecule has 1 heteroatoms. The van der Waals surface area contributed by atoms with Crippen LogP contribution in [0.2, 0.25) is 0 Å². The highest BCUT2D eigenvalue weighted by Gasteiger charge is 2.23. The lowest BCUT2D eigenvalue weighted by molar-refractivity contribution is 0.911. The Morgan fingerprint density at radius 3 is 2.79 bits per heavy atom. The molecule has 0 spiro atoms. The van der Waals surface area contributed by atoms with Crippen LogP contribution in [-0.4, -0.2) is 0 Å². The van der Waals surface area contributed by atoms with Gasteiger partial charge in [-0.3, -0.25) is 0 Å². The average molecular weight is 185 g/mol. The molecule has 72 valence electrons. The van der Waals surface area contributed by atoms with Crippen LogP contribution in [0.1, 0.15) is 35.1 Å². The summed E-state index contributed by atoms with van der Waals surface area (Å²) in [5.74, 6) is 0. The Hall–Kier alpha value is -1.24. The predicted molar refractivity (Wildman–Crippen MR) is 60.2 cm³/mol. The van der Waals surface area contributed by atoms with E-state index in [1.54, 1.807) is 0 Å². The molecule has 1 nitrogen and oxygen atoms in total. The lowest BCUT2D eigenvalue weighted by Crippen LogP contribution is -1.99. The largest absolute Gasteiger partial charge is 0.398 e. The van der Waals surface area contributed by atoms with Gasteiger partial charge < -0.3 is 5.73 Å². The molecule has 0 saturated carbocycles. The number of aryl methyl sites for hydroxylation is 2. The van der Waals surface area contributed by atoms with E-state index in [9.17, 15) is 0 Å². The molecule has 1 aromatic rings. The fourth-order valence-electron chi connectivity index (χ4n) is 2.87. The highest BCUT2D eigenvalue weighted by molar-refractivity contribution is 5.82. The molecule has 0 unspecified atom stereocenters. The van der Waals surface area contributed by atoms with E-state index in [4.69, 9.17) is 5.73 Å². The lowest BCUT2D eigenvalue weighted by atomic mass is 9.98. The number of nitrogen functional groups attached to an aromatic ring is 1. The van der Waals surface area contributed by atoms with Crippen molar-refractivity contribution in [2.75, 3.05) is 5.73 Å². The zero-order chi connectivity index (χ0) is 9.71.